The Labute approximate surface area is 501 Å². The Morgan fingerprint density at radius 2 is 0.609 bits per heavy atom. The highest BCUT2D eigenvalue weighted by Gasteiger charge is 2.64. The van der Waals surface area contributed by atoms with Crippen molar-refractivity contribution in [1.29, 1.82) is 0 Å². The number of hydrogen-bond donors (Lipinski definition) is 19. The van der Waals surface area contributed by atoms with E-state index in [0.717, 1.165) is 53.9 Å². The lowest BCUT2D eigenvalue weighted by Gasteiger charge is -2.58. The maximum Gasteiger partial charge on any atom is 0.217 e. The van der Waals surface area contributed by atoms with Crippen molar-refractivity contribution < 1.29 is 133 Å². The highest BCUT2D eigenvalue weighted by atomic mass is 16.7. The van der Waals surface area contributed by atoms with E-state index in [1.54, 1.807) is 0 Å². The molecular formula is C54H90N6O27. The van der Waals surface area contributed by atoms with E-state index < -0.39 is 257 Å². The third kappa shape index (κ3) is 15.5. The van der Waals surface area contributed by atoms with Crippen molar-refractivity contribution in [2.45, 2.75) is 238 Å². The Bertz CT molecular complexity index is 2310. The Morgan fingerprint density at radius 3 is 0.954 bits per heavy atom. The second-order valence-corrected chi connectivity index (χ2v) is 23.8. The van der Waals surface area contributed by atoms with E-state index in [1.807, 2.05) is 0 Å². The quantitative estimate of drug-likeness (QED) is 0.0538. The van der Waals surface area contributed by atoms with Crippen LogP contribution in [-0.2, 0) is 66.7 Å². The van der Waals surface area contributed by atoms with Crippen LogP contribution in [0.5, 0.6) is 0 Å². The van der Waals surface area contributed by atoms with Gasteiger partial charge in [0, 0.05) is 65.2 Å². The van der Waals surface area contributed by atoms with Crippen LogP contribution < -0.4 is 31.9 Å². The number of aliphatic hydroxyl groups excluding tert-OH is 13. The molecule has 87 heavy (non-hydrogen) atoms. The minimum Gasteiger partial charge on any atom is -0.394 e. The molecule has 6 aliphatic heterocycles. The van der Waals surface area contributed by atoms with E-state index in [-0.39, 0.29) is 6.10 Å². The molecule has 30 atom stereocenters. The molecule has 6 amide bonds. The minimum absolute atomic E-state index is 0.297. The molecule has 33 nitrogen and oxygen atoms in total. The summed E-state index contributed by atoms with van der Waals surface area (Å²) in [6.45, 7) is 0.927. The summed E-state index contributed by atoms with van der Waals surface area (Å²) in [6, 6.07) is -9.58. The van der Waals surface area contributed by atoms with E-state index in [2.05, 4.69) is 31.9 Å². The molecule has 6 saturated heterocycles. The van der Waals surface area contributed by atoms with Crippen molar-refractivity contribution in [3.63, 3.8) is 0 Å². The number of carbonyl (C=O) groups excluding carboxylic acids is 6. The third-order valence-corrected chi connectivity index (χ3v) is 17.9. The summed E-state index contributed by atoms with van der Waals surface area (Å²) in [5, 5.41) is 165. The molecule has 30 unspecified atom stereocenters. The molecule has 7 fully saturated rings. The maximum absolute atomic E-state index is 13.2. The molecule has 7 rings (SSSR count). The van der Waals surface area contributed by atoms with Crippen molar-refractivity contribution in [2.75, 3.05) is 39.6 Å². The van der Waals surface area contributed by atoms with Crippen LogP contribution in [0.15, 0.2) is 0 Å². The van der Waals surface area contributed by atoms with Crippen LogP contribution >= 0.6 is 0 Å². The van der Waals surface area contributed by atoms with E-state index >= 15 is 0 Å². The van der Waals surface area contributed by atoms with Crippen LogP contribution in [0, 0.1) is 23.7 Å². The fourth-order valence-corrected chi connectivity index (χ4v) is 14.2. The fourth-order valence-electron chi connectivity index (χ4n) is 14.2. The number of carbonyl (C=O) groups is 6. The summed E-state index contributed by atoms with van der Waals surface area (Å²) in [6.07, 6.45) is -30.2. The van der Waals surface area contributed by atoms with E-state index in [1.165, 1.54) is 6.92 Å². The second kappa shape index (κ2) is 30.9. The van der Waals surface area contributed by atoms with Gasteiger partial charge in [0.1, 0.15) is 48.7 Å². The van der Waals surface area contributed by atoms with Gasteiger partial charge in [-0.05, 0) is 12.8 Å². The summed E-state index contributed by atoms with van der Waals surface area (Å²) in [5.74, 6) is -10.9. The molecule has 0 aromatic carbocycles. The lowest BCUT2D eigenvalue weighted by Crippen LogP contribution is -2.76. The summed E-state index contributed by atoms with van der Waals surface area (Å²) < 4.78 is 50.4. The zero-order valence-corrected chi connectivity index (χ0v) is 49.2. The summed E-state index contributed by atoms with van der Waals surface area (Å²) >= 11 is 0. The number of rotatable bonds is 20. The number of ether oxygens (including phenoxy) is 8. The van der Waals surface area contributed by atoms with Gasteiger partial charge < -0.3 is 136 Å². The predicted octanol–water partition coefficient (Wildman–Crippen LogP) is -9.79. The molecule has 0 radical (unpaired) electrons. The second-order valence-electron chi connectivity index (χ2n) is 23.8. The standard InChI is InChI=1S/C54H90N6O27/c1-18(67)55-35-42(74)31(50-36(56-19(2)68)44(76)33(27(14-63)82-50)52-38(58-21(4)70)46(78)41(73)29(16-65)84-52)25(12-61)81-49(35)32-26(13-62)83-51(37(43(32)75)57-20(3)69)34-28(15-64)85-54(39(45(34)77)59-22(5)71)87-48-30(17-66)86-53(40(47(48)79)60-23(6)72)80-24-10-8-7-9-11-24/h24-54,61-66,73-79H,7-17H2,1-6H3,(H,55,67)(H,56,68)(H,57,69)(H,58,70)(H,59,71)(H,60,72). The molecule has 19 N–H and O–H groups in total. The largest absolute Gasteiger partial charge is 0.394 e. The van der Waals surface area contributed by atoms with Gasteiger partial charge in [0.05, 0.1) is 143 Å². The molecule has 1 aliphatic carbocycles. The fraction of sp³-hybridized carbons (Fsp3) is 0.889. The third-order valence-electron chi connectivity index (χ3n) is 17.9. The smallest absolute Gasteiger partial charge is 0.217 e. The monoisotopic (exact) mass is 1250 g/mol. The molecule has 0 aromatic rings. The molecule has 6 heterocycles. The normalized spacial score (nSPS) is 44.6. The molecule has 33 heteroatoms. The van der Waals surface area contributed by atoms with Crippen molar-refractivity contribution >= 4 is 35.4 Å². The highest BCUT2D eigenvalue weighted by Crippen LogP contribution is 2.46. The van der Waals surface area contributed by atoms with Gasteiger partial charge in [-0.15, -0.1) is 0 Å². The first-order valence-electron chi connectivity index (χ1n) is 29.5. The number of nitrogens with one attached hydrogen (secondary N) is 6. The zero-order valence-electron chi connectivity index (χ0n) is 49.2. The van der Waals surface area contributed by atoms with E-state index in [4.69, 9.17) is 37.9 Å². The Hall–Kier alpha value is -4.02. The van der Waals surface area contributed by atoms with Crippen LogP contribution in [0.1, 0.15) is 73.6 Å². The summed E-state index contributed by atoms with van der Waals surface area (Å²) in [4.78, 5) is 77.4. The number of aliphatic hydroxyl groups is 13. The van der Waals surface area contributed by atoms with Gasteiger partial charge in [-0.3, -0.25) is 28.8 Å². The molecule has 7 aliphatic rings. The molecule has 498 valence electrons. The van der Waals surface area contributed by atoms with E-state index in [0.29, 0.717) is 12.8 Å². The van der Waals surface area contributed by atoms with Gasteiger partial charge in [-0.25, -0.2) is 0 Å². The van der Waals surface area contributed by atoms with Crippen molar-refractivity contribution in [3.8, 4) is 0 Å². The Balaban J connectivity index is 1.20. The van der Waals surface area contributed by atoms with Crippen molar-refractivity contribution in [3.05, 3.63) is 0 Å². The van der Waals surface area contributed by atoms with Crippen molar-refractivity contribution in [1.82, 2.24) is 31.9 Å². The van der Waals surface area contributed by atoms with Gasteiger partial charge in [-0.2, -0.15) is 0 Å². The first-order chi connectivity index (χ1) is 41.2. The van der Waals surface area contributed by atoms with Crippen molar-refractivity contribution in [2.24, 2.45) is 23.7 Å². The topological polar surface area (TPSA) is 511 Å². The molecule has 1 saturated carbocycles. The summed E-state index contributed by atoms with van der Waals surface area (Å²) in [5.41, 5.74) is 0. The SMILES string of the molecule is CC(=O)NC1C(OC2CCCCC2)OC(CO)C(OC2OC(CO)C(C3OC(CO)C(C4OC(CO)C(C5OC(CO)C(C6OC(CO)C(O)C(O)C6NC(C)=O)C(O)C5NC(C)=O)C(O)C4NC(C)=O)C(O)C3NC(C)=O)C(O)C2NC(C)=O)C1O. The van der Waals surface area contributed by atoms with Gasteiger partial charge >= 0.3 is 0 Å². The molecular weight excluding hydrogens is 1160 g/mol. The number of amides is 6. The lowest BCUT2D eigenvalue weighted by molar-refractivity contribution is -0.341. The van der Waals surface area contributed by atoms with Gasteiger partial charge in [0.25, 0.3) is 0 Å². The van der Waals surface area contributed by atoms with Gasteiger partial charge in [0.2, 0.25) is 35.4 Å². The lowest BCUT2D eigenvalue weighted by atomic mass is 9.68. The average Bonchev–Trinajstić information content (AvgIpc) is 0.820. The van der Waals surface area contributed by atoms with Crippen LogP contribution in [0.4, 0.5) is 0 Å². The molecule has 0 spiro atoms. The molecule has 0 bridgehead atoms. The van der Waals surface area contributed by atoms with Crippen LogP contribution in [0.25, 0.3) is 0 Å². The zero-order chi connectivity index (χ0) is 64.0. The van der Waals surface area contributed by atoms with Crippen LogP contribution in [-0.4, -0.2) is 306 Å². The first kappa shape index (κ1) is 70.4. The predicted molar refractivity (Wildman–Crippen MR) is 289 cm³/mol. The average molecular weight is 1260 g/mol. The highest BCUT2D eigenvalue weighted by molar-refractivity contribution is 5.75. The number of hydrogen-bond acceptors (Lipinski definition) is 27. The van der Waals surface area contributed by atoms with Crippen LogP contribution in [0.3, 0.4) is 0 Å². The maximum atomic E-state index is 13.2. The first-order valence-corrected chi connectivity index (χ1v) is 29.5. The minimum atomic E-state index is -2.01. The molecule has 0 aromatic heterocycles. The van der Waals surface area contributed by atoms with Gasteiger partial charge in [-0.1, -0.05) is 19.3 Å². The Kier molecular flexibility index (Phi) is 25.0. The van der Waals surface area contributed by atoms with Crippen LogP contribution in [0.2, 0.25) is 0 Å². The van der Waals surface area contributed by atoms with E-state index in [9.17, 15) is 95.2 Å². The summed E-state index contributed by atoms with van der Waals surface area (Å²) in [7, 11) is 0. The Morgan fingerprint density at radius 1 is 0.333 bits per heavy atom. The van der Waals surface area contributed by atoms with Gasteiger partial charge in [0.15, 0.2) is 12.6 Å².